The molecule has 1 aliphatic carbocycles. The molecule has 6 heteroatoms. The number of morpholine rings is 1. The average Bonchev–Trinajstić information content (AvgIpc) is 3.17. The van der Waals surface area contributed by atoms with E-state index >= 15 is 0 Å². The highest BCUT2D eigenvalue weighted by Gasteiger charge is 2.36. The van der Waals surface area contributed by atoms with Crippen molar-refractivity contribution >= 4 is 5.91 Å². The Kier molecular flexibility index (Phi) is 5.29. The number of amides is 1. The molecule has 0 spiro atoms. The van der Waals surface area contributed by atoms with Crippen molar-refractivity contribution in [2.45, 2.75) is 57.1 Å². The van der Waals surface area contributed by atoms with E-state index in [1.807, 2.05) is 30.3 Å². The van der Waals surface area contributed by atoms with Gasteiger partial charge >= 0.3 is 0 Å². The topological polar surface area (TPSA) is 68.5 Å². The van der Waals surface area contributed by atoms with Crippen molar-refractivity contribution in [2.24, 2.45) is 0 Å². The molecule has 0 N–H and O–H groups in total. The highest BCUT2D eigenvalue weighted by Crippen LogP contribution is 2.29. The lowest BCUT2D eigenvalue weighted by atomic mass is 9.90. The van der Waals surface area contributed by atoms with Gasteiger partial charge in [0.2, 0.25) is 17.7 Å². The number of rotatable bonds is 5. The summed E-state index contributed by atoms with van der Waals surface area (Å²) in [6.07, 6.45) is 6.67. The highest BCUT2D eigenvalue weighted by molar-refractivity contribution is 5.76. The van der Waals surface area contributed by atoms with Gasteiger partial charge in [0.1, 0.15) is 0 Å². The molecule has 2 aliphatic rings. The lowest BCUT2D eigenvalue weighted by molar-refractivity contribution is -0.149. The van der Waals surface area contributed by atoms with Crippen LogP contribution in [0.5, 0.6) is 0 Å². The van der Waals surface area contributed by atoms with Crippen molar-refractivity contribution in [3.8, 4) is 11.5 Å². The molecule has 1 aromatic carbocycles. The molecule has 2 heterocycles. The standard InChI is InChI=1S/C20H25N3O3/c24-19(23-13-14-25-17-10-5-4-9-16(17)23)12-6-11-18-21-22-20(26-18)15-7-2-1-3-8-15/h1-3,7-8,16-17H,4-6,9-14H2. The second-order valence-corrected chi connectivity index (χ2v) is 7.07. The van der Waals surface area contributed by atoms with Crippen molar-refractivity contribution in [1.29, 1.82) is 0 Å². The lowest BCUT2D eigenvalue weighted by Crippen LogP contribution is -2.54. The Labute approximate surface area is 153 Å². The summed E-state index contributed by atoms with van der Waals surface area (Å²) < 4.78 is 11.6. The number of carbonyl (C=O) groups is 1. The first-order valence-corrected chi connectivity index (χ1v) is 9.60. The third-order valence-corrected chi connectivity index (χ3v) is 5.32. The van der Waals surface area contributed by atoms with E-state index in [2.05, 4.69) is 15.1 Å². The van der Waals surface area contributed by atoms with E-state index in [0.29, 0.717) is 31.2 Å². The molecule has 0 bridgehead atoms. The van der Waals surface area contributed by atoms with E-state index in [9.17, 15) is 4.79 Å². The van der Waals surface area contributed by atoms with Gasteiger partial charge in [-0.3, -0.25) is 4.79 Å². The summed E-state index contributed by atoms with van der Waals surface area (Å²) in [7, 11) is 0. The van der Waals surface area contributed by atoms with Gasteiger partial charge in [0.25, 0.3) is 0 Å². The fraction of sp³-hybridized carbons (Fsp3) is 0.550. The van der Waals surface area contributed by atoms with Gasteiger partial charge < -0.3 is 14.1 Å². The fourth-order valence-corrected chi connectivity index (χ4v) is 3.99. The molecule has 1 amide bonds. The number of aryl methyl sites for hydroxylation is 1. The van der Waals surface area contributed by atoms with Crippen molar-refractivity contribution in [3.05, 3.63) is 36.2 Å². The quantitative estimate of drug-likeness (QED) is 0.824. The zero-order valence-electron chi connectivity index (χ0n) is 15.0. The van der Waals surface area contributed by atoms with E-state index in [4.69, 9.17) is 9.15 Å². The van der Waals surface area contributed by atoms with Gasteiger partial charge in [-0.15, -0.1) is 10.2 Å². The Hall–Kier alpha value is -2.21. The van der Waals surface area contributed by atoms with Crippen LogP contribution in [0.3, 0.4) is 0 Å². The molecule has 6 nitrogen and oxygen atoms in total. The van der Waals surface area contributed by atoms with E-state index in [-0.39, 0.29) is 18.1 Å². The molecule has 2 fully saturated rings. The molecule has 1 saturated heterocycles. The Morgan fingerprint density at radius 1 is 1.15 bits per heavy atom. The molecular formula is C20H25N3O3. The molecular weight excluding hydrogens is 330 g/mol. The molecule has 0 radical (unpaired) electrons. The van der Waals surface area contributed by atoms with Crippen LogP contribution in [0.1, 0.15) is 44.4 Å². The van der Waals surface area contributed by atoms with Crippen LogP contribution >= 0.6 is 0 Å². The smallest absolute Gasteiger partial charge is 0.247 e. The van der Waals surface area contributed by atoms with Gasteiger partial charge in [-0.05, 0) is 31.4 Å². The summed E-state index contributed by atoms with van der Waals surface area (Å²) in [5.74, 6) is 1.35. The van der Waals surface area contributed by atoms with Gasteiger partial charge in [-0.25, -0.2) is 0 Å². The number of hydrogen-bond acceptors (Lipinski definition) is 5. The zero-order valence-corrected chi connectivity index (χ0v) is 15.0. The minimum absolute atomic E-state index is 0.230. The first-order valence-electron chi connectivity index (χ1n) is 9.60. The summed E-state index contributed by atoms with van der Waals surface area (Å²) in [5, 5.41) is 8.21. The number of nitrogens with zero attached hydrogens (tertiary/aromatic N) is 3. The summed E-state index contributed by atoms with van der Waals surface area (Å²) in [5.41, 5.74) is 0.916. The van der Waals surface area contributed by atoms with E-state index in [1.54, 1.807) is 0 Å². The molecule has 2 aromatic rings. The Morgan fingerprint density at radius 3 is 2.88 bits per heavy atom. The highest BCUT2D eigenvalue weighted by atomic mass is 16.5. The number of hydrogen-bond donors (Lipinski definition) is 0. The van der Waals surface area contributed by atoms with Crippen molar-refractivity contribution in [1.82, 2.24) is 15.1 Å². The lowest BCUT2D eigenvalue weighted by Gasteiger charge is -2.43. The number of benzene rings is 1. The SMILES string of the molecule is O=C(CCCc1nnc(-c2ccccc2)o1)N1CCOC2CCCCC21. The number of carbonyl (C=O) groups excluding carboxylic acids is 1. The van der Waals surface area contributed by atoms with Crippen molar-refractivity contribution in [2.75, 3.05) is 13.2 Å². The third-order valence-electron chi connectivity index (χ3n) is 5.32. The maximum atomic E-state index is 12.7. The molecule has 4 rings (SSSR count). The van der Waals surface area contributed by atoms with Gasteiger partial charge in [-0.2, -0.15) is 0 Å². The maximum Gasteiger partial charge on any atom is 0.247 e. The predicted octanol–water partition coefficient (Wildman–Crippen LogP) is 3.23. The molecule has 138 valence electrons. The molecule has 1 aromatic heterocycles. The summed E-state index contributed by atoms with van der Waals surface area (Å²) in [6.45, 7) is 1.38. The normalized spacial score (nSPS) is 22.8. The van der Waals surface area contributed by atoms with E-state index in [1.165, 1.54) is 12.8 Å². The summed E-state index contributed by atoms with van der Waals surface area (Å²) in [4.78, 5) is 14.7. The Balaban J connectivity index is 1.29. The number of ether oxygens (including phenoxy) is 1. The molecule has 2 atom stereocenters. The predicted molar refractivity (Wildman–Crippen MR) is 96.4 cm³/mol. The van der Waals surface area contributed by atoms with Gasteiger partial charge in [0.15, 0.2) is 0 Å². The van der Waals surface area contributed by atoms with Crippen LogP contribution in [-0.2, 0) is 16.0 Å². The minimum Gasteiger partial charge on any atom is -0.421 e. The largest absolute Gasteiger partial charge is 0.421 e. The second-order valence-electron chi connectivity index (χ2n) is 7.07. The molecule has 2 unspecified atom stereocenters. The van der Waals surface area contributed by atoms with Crippen LogP contribution in [-0.4, -0.2) is 46.3 Å². The van der Waals surface area contributed by atoms with Crippen molar-refractivity contribution < 1.29 is 13.9 Å². The van der Waals surface area contributed by atoms with E-state index < -0.39 is 0 Å². The van der Waals surface area contributed by atoms with Crippen LogP contribution in [0.25, 0.3) is 11.5 Å². The first-order chi connectivity index (χ1) is 12.8. The zero-order chi connectivity index (χ0) is 17.8. The monoisotopic (exact) mass is 355 g/mol. The van der Waals surface area contributed by atoms with Gasteiger partial charge in [0.05, 0.1) is 18.8 Å². The fourth-order valence-electron chi connectivity index (χ4n) is 3.99. The number of fused-ring (bicyclic) bond motifs is 1. The third kappa shape index (κ3) is 3.80. The van der Waals surface area contributed by atoms with Crippen LogP contribution in [0.2, 0.25) is 0 Å². The average molecular weight is 355 g/mol. The Bertz CT molecular complexity index is 729. The van der Waals surface area contributed by atoms with Crippen LogP contribution in [0.15, 0.2) is 34.7 Å². The van der Waals surface area contributed by atoms with Crippen LogP contribution in [0, 0.1) is 0 Å². The van der Waals surface area contributed by atoms with Gasteiger partial charge in [0, 0.05) is 24.9 Å². The molecule has 1 saturated carbocycles. The minimum atomic E-state index is 0.230. The van der Waals surface area contributed by atoms with Crippen LogP contribution in [0.4, 0.5) is 0 Å². The first kappa shape index (κ1) is 17.2. The van der Waals surface area contributed by atoms with Gasteiger partial charge in [-0.1, -0.05) is 31.0 Å². The molecule has 1 aliphatic heterocycles. The molecule has 26 heavy (non-hydrogen) atoms. The summed E-state index contributed by atoms with van der Waals surface area (Å²) >= 11 is 0. The second kappa shape index (κ2) is 7.99. The summed E-state index contributed by atoms with van der Waals surface area (Å²) in [6, 6.07) is 10.0. The van der Waals surface area contributed by atoms with Crippen molar-refractivity contribution in [3.63, 3.8) is 0 Å². The number of aromatic nitrogens is 2. The Morgan fingerprint density at radius 2 is 2.00 bits per heavy atom. The van der Waals surface area contributed by atoms with E-state index in [0.717, 1.165) is 31.4 Å². The maximum absolute atomic E-state index is 12.7. The van der Waals surface area contributed by atoms with Crippen LogP contribution < -0.4 is 0 Å².